The van der Waals surface area contributed by atoms with Gasteiger partial charge in [0.25, 0.3) is 11.6 Å². The van der Waals surface area contributed by atoms with Gasteiger partial charge in [-0.15, -0.1) is 0 Å². The summed E-state index contributed by atoms with van der Waals surface area (Å²) in [6, 6.07) is 1.86. The Morgan fingerprint density at radius 1 is 1.52 bits per heavy atom. The Balaban J connectivity index is 1.79. The van der Waals surface area contributed by atoms with Crippen LogP contribution in [-0.4, -0.2) is 35.7 Å². The van der Waals surface area contributed by atoms with Crippen LogP contribution >= 0.6 is 0 Å². The minimum Gasteiger partial charge on any atom is -0.352 e. The summed E-state index contributed by atoms with van der Waals surface area (Å²) in [7, 11) is 0. The van der Waals surface area contributed by atoms with Crippen LogP contribution < -0.4 is 10.6 Å². The van der Waals surface area contributed by atoms with Crippen LogP contribution in [0.5, 0.6) is 0 Å². The van der Waals surface area contributed by atoms with E-state index in [2.05, 4.69) is 20.8 Å². The van der Waals surface area contributed by atoms with E-state index in [1.54, 1.807) is 0 Å². The first kappa shape index (κ1) is 15.9. The fourth-order valence-electron chi connectivity index (χ4n) is 3.03. The lowest BCUT2D eigenvalue weighted by Crippen LogP contribution is -2.27. The number of rotatable bonds is 5. The number of aromatic nitrogens is 2. The molecule has 2 N–H and O–H groups in total. The van der Waals surface area contributed by atoms with Gasteiger partial charge < -0.3 is 15.2 Å². The third-order valence-electron chi connectivity index (χ3n) is 4.47. The van der Waals surface area contributed by atoms with Crippen molar-refractivity contribution in [2.24, 2.45) is 5.92 Å². The van der Waals surface area contributed by atoms with Crippen molar-refractivity contribution in [3.63, 3.8) is 0 Å². The number of hydrogen-bond acceptors (Lipinski definition) is 5. The topological polar surface area (TPSA) is 80.0 Å². The molecule has 1 aliphatic heterocycles. The van der Waals surface area contributed by atoms with Crippen molar-refractivity contribution in [1.29, 1.82) is 0 Å². The summed E-state index contributed by atoms with van der Waals surface area (Å²) in [6.07, 6.45) is 2.20. The molecule has 1 unspecified atom stereocenters. The Morgan fingerprint density at radius 3 is 3.04 bits per heavy atom. The Bertz CT molecular complexity index is 702. The molecular weight excluding hydrogens is 292 g/mol. The second-order valence-corrected chi connectivity index (χ2v) is 6.60. The van der Waals surface area contributed by atoms with Crippen molar-refractivity contribution in [2.75, 3.05) is 19.6 Å². The SMILES string of the molecule is Cc1noc2nc(C(C)C)cc(C(=O)NCCC3CCNC3)c12. The van der Waals surface area contributed by atoms with Crippen LogP contribution in [-0.2, 0) is 0 Å². The third-order valence-corrected chi connectivity index (χ3v) is 4.47. The van der Waals surface area contributed by atoms with E-state index >= 15 is 0 Å². The Hall–Kier alpha value is -1.95. The maximum Gasteiger partial charge on any atom is 0.259 e. The van der Waals surface area contributed by atoms with E-state index in [1.807, 2.05) is 26.8 Å². The van der Waals surface area contributed by atoms with Crippen LogP contribution in [0.4, 0.5) is 0 Å². The molecule has 1 aliphatic rings. The average molecular weight is 316 g/mol. The summed E-state index contributed by atoms with van der Waals surface area (Å²) in [5.41, 5.74) is 2.60. The van der Waals surface area contributed by atoms with Crippen LogP contribution in [0.3, 0.4) is 0 Å². The van der Waals surface area contributed by atoms with E-state index in [9.17, 15) is 4.79 Å². The number of aryl methyl sites for hydroxylation is 1. The van der Waals surface area contributed by atoms with E-state index in [-0.39, 0.29) is 11.8 Å². The van der Waals surface area contributed by atoms with Gasteiger partial charge in [-0.3, -0.25) is 4.79 Å². The number of pyridine rings is 1. The Kier molecular flexibility index (Phi) is 4.61. The summed E-state index contributed by atoms with van der Waals surface area (Å²) < 4.78 is 5.27. The monoisotopic (exact) mass is 316 g/mol. The van der Waals surface area contributed by atoms with Gasteiger partial charge in [0, 0.05) is 12.2 Å². The van der Waals surface area contributed by atoms with Crippen molar-refractivity contribution in [1.82, 2.24) is 20.8 Å². The summed E-state index contributed by atoms with van der Waals surface area (Å²) in [5.74, 6) is 0.814. The number of fused-ring (bicyclic) bond motifs is 1. The normalized spacial score (nSPS) is 18.0. The van der Waals surface area contributed by atoms with E-state index in [1.165, 1.54) is 6.42 Å². The molecule has 2 aromatic heterocycles. The van der Waals surface area contributed by atoms with Gasteiger partial charge >= 0.3 is 0 Å². The molecule has 0 radical (unpaired) electrons. The summed E-state index contributed by atoms with van der Waals surface area (Å²) in [5, 5.41) is 11.1. The molecule has 0 aliphatic carbocycles. The molecule has 0 aromatic carbocycles. The molecule has 6 heteroatoms. The number of nitrogens with zero attached hydrogens (tertiary/aromatic N) is 2. The minimum atomic E-state index is -0.0726. The minimum absolute atomic E-state index is 0.0726. The maximum absolute atomic E-state index is 12.6. The number of hydrogen-bond donors (Lipinski definition) is 2. The highest BCUT2D eigenvalue weighted by atomic mass is 16.5. The van der Waals surface area contributed by atoms with E-state index in [0.717, 1.165) is 30.6 Å². The molecule has 2 aromatic rings. The lowest BCUT2D eigenvalue weighted by atomic mass is 10.0. The zero-order chi connectivity index (χ0) is 16.4. The van der Waals surface area contributed by atoms with Gasteiger partial charge in [0.1, 0.15) is 0 Å². The number of amides is 1. The lowest BCUT2D eigenvalue weighted by molar-refractivity contribution is 0.0953. The number of carbonyl (C=O) groups is 1. The molecule has 0 spiro atoms. The second-order valence-electron chi connectivity index (χ2n) is 6.60. The molecule has 1 fully saturated rings. The van der Waals surface area contributed by atoms with Gasteiger partial charge in [0.05, 0.1) is 16.6 Å². The molecule has 1 saturated heterocycles. The van der Waals surface area contributed by atoms with Crippen LogP contribution in [0, 0.1) is 12.8 Å². The molecular formula is C17H24N4O2. The first-order valence-electron chi connectivity index (χ1n) is 8.32. The molecule has 0 saturated carbocycles. The maximum atomic E-state index is 12.6. The Morgan fingerprint density at radius 2 is 2.35 bits per heavy atom. The molecule has 1 atom stereocenters. The zero-order valence-corrected chi connectivity index (χ0v) is 14.0. The van der Waals surface area contributed by atoms with Crippen LogP contribution in [0.15, 0.2) is 10.6 Å². The van der Waals surface area contributed by atoms with Gasteiger partial charge in [-0.05, 0) is 50.8 Å². The average Bonchev–Trinajstić information content (AvgIpc) is 3.16. The van der Waals surface area contributed by atoms with Crippen molar-refractivity contribution in [2.45, 2.75) is 39.5 Å². The molecule has 124 valence electrons. The van der Waals surface area contributed by atoms with Gasteiger partial charge in [-0.1, -0.05) is 19.0 Å². The third kappa shape index (κ3) is 3.37. The fraction of sp³-hybridized carbons (Fsp3) is 0.588. The van der Waals surface area contributed by atoms with Crippen molar-refractivity contribution >= 4 is 17.0 Å². The molecule has 3 rings (SSSR count). The lowest BCUT2D eigenvalue weighted by Gasteiger charge is -2.11. The van der Waals surface area contributed by atoms with E-state index in [4.69, 9.17) is 4.52 Å². The fourth-order valence-corrected chi connectivity index (χ4v) is 3.03. The highest BCUT2D eigenvalue weighted by molar-refractivity contribution is 6.06. The van der Waals surface area contributed by atoms with Crippen LogP contribution in [0.2, 0.25) is 0 Å². The smallest absolute Gasteiger partial charge is 0.259 e. The summed E-state index contributed by atoms with van der Waals surface area (Å²) in [4.78, 5) is 17.1. The van der Waals surface area contributed by atoms with Crippen molar-refractivity contribution < 1.29 is 9.32 Å². The predicted molar refractivity (Wildman–Crippen MR) is 88.6 cm³/mol. The highest BCUT2D eigenvalue weighted by Gasteiger charge is 2.20. The standard InChI is InChI=1S/C17H24N4O2/c1-10(2)14-8-13(15-11(3)21-23-17(15)20-14)16(22)19-7-5-12-4-6-18-9-12/h8,10,12,18H,4-7,9H2,1-3H3,(H,19,22). The summed E-state index contributed by atoms with van der Waals surface area (Å²) >= 11 is 0. The van der Waals surface area contributed by atoms with Crippen molar-refractivity contribution in [3.8, 4) is 0 Å². The van der Waals surface area contributed by atoms with Crippen LogP contribution in [0.1, 0.15) is 54.4 Å². The van der Waals surface area contributed by atoms with E-state index < -0.39 is 0 Å². The quantitative estimate of drug-likeness (QED) is 0.885. The predicted octanol–water partition coefficient (Wildman–Crippen LogP) is 2.38. The molecule has 3 heterocycles. The molecule has 23 heavy (non-hydrogen) atoms. The van der Waals surface area contributed by atoms with Crippen LogP contribution in [0.25, 0.3) is 11.1 Å². The first-order chi connectivity index (χ1) is 11.1. The second kappa shape index (κ2) is 6.66. The summed E-state index contributed by atoms with van der Waals surface area (Å²) in [6.45, 7) is 8.76. The van der Waals surface area contributed by atoms with Gasteiger partial charge in [0.2, 0.25) is 0 Å². The largest absolute Gasteiger partial charge is 0.352 e. The zero-order valence-electron chi connectivity index (χ0n) is 14.0. The van der Waals surface area contributed by atoms with E-state index in [0.29, 0.717) is 29.4 Å². The molecule has 6 nitrogen and oxygen atoms in total. The first-order valence-corrected chi connectivity index (χ1v) is 8.32. The molecule has 0 bridgehead atoms. The van der Waals surface area contributed by atoms with Crippen molar-refractivity contribution in [3.05, 3.63) is 23.0 Å². The highest BCUT2D eigenvalue weighted by Crippen LogP contribution is 2.25. The number of nitrogens with one attached hydrogen (secondary N) is 2. The van der Waals surface area contributed by atoms with Gasteiger partial charge in [-0.2, -0.15) is 0 Å². The molecule has 1 amide bonds. The number of carbonyl (C=O) groups excluding carboxylic acids is 1. The Labute approximate surface area is 136 Å². The van der Waals surface area contributed by atoms with Gasteiger partial charge in [0.15, 0.2) is 0 Å². The van der Waals surface area contributed by atoms with Gasteiger partial charge in [-0.25, -0.2) is 4.98 Å².